The second-order valence-corrected chi connectivity index (χ2v) is 7.23. The quantitative estimate of drug-likeness (QED) is 0.319. The summed E-state index contributed by atoms with van der Waals surface area (Å²) in [5.74, 6) is 0.683. The smallest absolute Gasteiger partial charge is 0.143 e. The van der Waals surface area contributed by atoms with Crippen LogP contribution in [-0.2, 0) is 18.1 Å². The average Bonchev–Trinajstić information content (AvgIpc) is 2.72. The molecule has 140 valence electrons. The zero-order chi connectivity index (χ0) is 19.8. The second-order valence-electron chi connectivity index (χ2n) is 5.87. The number of nitriles is 1. The molecular formula is C22H16BrClN2O2. The van der Waals surface area contributed by atoms with Crippen molar-refractivity contribution in [1.82, 2.24) is 0 Å². The SMILES string of the molecule is N#Cc1ccccc1CO/N=C\c1cc(Br)ccc1OCc1ccc(Cl)cc1. The number of oxime groups is 1. The van der Waals surface area contributed by atoms with Crippen LogP contribution in [0.5, 0.6) is 5.75 Å². The van der Waals surface area contributed by atoms with Gasteiger partial charge in [-0.25, -0.2) is 0 Å². The summed E-state index contributed by atoms with van der Waals surface area (Å²) in [6, 6.07) is 22.6. The van der Waals surface area contributed by atoms with Gasteiger partial charge in [0.2, 0.25) is 0 Å². The fourth-order valence-electron chi connectivity index (χ4n) is 2.45. The van der Waals surface area contributed by atoms with Crippen molar-refractivity contribution < 1.29 is 9.57 Å². The lowest BCUT2D eigenvalue weighted by atomic mass is 10.1. The van der Waals surface area contributed by atoms with Crippen LogP contribution in [0, 0.1) is 11.3 Å². The summed E-state index contributed by atoms with van der Waals surface area (Å²) < 4.78 is 6.82. The highest BCUT2D eigenvalue weighted by molar-refractivity contribution is 9.10. The Morgan fingerprint density at radius 3 is 2.61 bits per heavy atom. The maximum absolute atomic E-state index is 9.12. The van der Waals surface area contributed by atoms with E-state index in [9.17, 15) is 0 Å². The first-order valence-corrected chi connectivity index (χ1v) is 9.63. The minimum Gasteiger partial charge on any atom is -0.488 e. The highest BCUT2D eigenvalue weighted by Crippen LogP contribution is 2.23. The molecule has 28 heavy (non-hydrogen) atoms. The number of halogens is 2. The first-order chi connectivity index (χ1) is 13.7. The third-order valence-electron chi connectivity index (χ3n) is 3.90. The molecule has 4 nitrogen and oxygen atoms in total. The molecule has 3 rings (SSSR count). The summed E-state index contributed by atoms with van der Waals surface area (Å²) in [4.78, 5) is 5.37. The van der Waals surface area contributed by atoms with Crippen LogP contribution >= 0.6 is 27.5 Å². The molecule has 3 aromatic rings. The number of nitrogens with zero attached hydrogens (tertiary/aromatic N) is 2. The Kier molecular flexibility index (Phi) is 7.07. The van der Waals surface area contributed by atoms with Crippen LogP contribution in [0.25, 0.3) is 0 Å². The molecule has 0 aliphatic heterocycles. The molecule has 0 spiro atoms. The molecule has 0 atom stereocenters. The van der Waals surface area contributed by atoms with Crippen LogP contribution in [-0.4, -0.2) is 6.21 Å². The lowest BCUT2D eigenvalue weighted by Crippen LogP contribution is -1.99. The lowest BCUT2D eigenvalue weighted by Gasteiger charge is -2.10. The number of benzene rings is 3. The van der Waals surface area contributed by atoms with E-state index in [1.165, 1.54) is 0 Å². The van der Waals surface area contributed by atoms with E-state index in [4.69, 9.17) is 26.4 Å². The van der Waals surface area contributed by atoms with E-state index in [-0.39, 0.29) is 6.61 Å². The molecule has 0 saturated heterocycles. The average molecular weight is 456 g/mol. The maximum atomic E-state index is 9.12. The van der Waals surface area contributed by atoms with E-state index in [2.05, 4.69) is 27.2 Å². The molecule has 6 heteroatoms. The summed E-state index contributed by atoms with van der Waals surface area (Å²) in [5.41, 5.74) is 3.15. The van der Waals surface area contributed by atoms with E-state index in [0.29, 0.717) is 22.9 Å². The molecule has 3 aromatic carbocycles. The minimum absolute atomic E-state index is 0.217. The van der Waals surface area contributed by atoms with Gasteiger partial charge < -0.3 is 9.57 Å². The van der Waals surface area contributed by atoms with Crippen molar-refractivity contribution in [3.05, 3.63) is 98.5 Å². The van der Waals surface area contributed by atoms with Crippen LogP contribution in [0.2, 0.25) is 5.02 Å². The molecule has 0 amide bonds. The third kappa shape index (κ3) is 5.59. The Hall–Kier alpha value is -2.81. The number of hydrogen-bond donors (Lipinski definition) is 0. The number of hydrogen-bond acceptors (Lipinski definition) is 4. The Bertz CT molecular complexity index is 1010. The largest absolute Gasteiger partial charge is 0.488 e. The van der Waals surface area contributed by atoms with Gasteiger partial charge in [0.25, 0.3) is 0 Å². The molecule has 0 fully saturated rings. The van der Waals surface area contributed by atoms with Gasteiger partial charge in [0.15, 0.2) is 0 Å². The standard InChI is InChI=1S/C22H16BrClN2O2/c23-20-7-10-22(27-14-16-5-8-21(24)9-6-16)19(11-20)13-26-28-15-18-4-2-1-3-17(18)12-25/h1-11,13H,14-15H2/b26-13-. The zero-order valence-corrected chi connectivity index (χ0v) is 17.2. The van der Waals surface area contributed by atoms with Crippen LogP contribution in [0.3, 0.4) is 0 Å². The zero-order valence-electron chi connectivity index (χ0n) is 14.8. The topological polar surface area (TPSA) is 54.6 Å². The fourth-order valence-corrected chi connectivity index (χ4v) is 2.95. The number of rotatable bonds is 7. The van der Waals surface area contributed by atoms with Gasteiger partial charge in [0.1, 0.15) is 19.0 Å². The van der Waals surface area contributed by atoms with Gasteiger partial charge in [0, 0.05) is 20.6 Å². The Morgan fingerprint density at radius 2 is 1.82 bits per heavy atom. The lowest BCUT2D eigenvalue weighted by molar-refractivity contribution is 0.132. The van der Waals surface area contributed by atoms with E-state index < -0.39 is 0 Å². The van der Waals surface area contributed by atoms with Crippen LogP contribution < -0.4 is 4.74 Å². The highest BCUT2D eigenvalue weighted by Gasteiger charge is 2.05. The monoisotopic (exact) mass is 454 g/mol. The molecule has 0 aliphatic carbocycles. The minimum atomic E-state index is 0.217. The van der Waals surface area contributed by atoms with Crippen molar-refractivity contribution >= 4 is 33.7 Å². The van der Waals surface area contributed by atoms with E-state index in [1.807, 2.05) is 60.7 Å². The molecule has 0 saturated carbocycles. The summed E-state index contributed by atoms with van der Waals surface area (Å²) in [5, 5.41) is 13.8. The van der Waals surface area contributed by atoms with Crippen LogP contribution in [0.15, 0.2) is 76.4 Å². The molecular weight excluding hydrogens is 440 g/mol. The normalized spacial score (nSPS) is 10.6. The van der Waals surface area contributed by atoms with Crippen LogP contribution in [0.1, 0.15) is 22.3 Å². The van der Waals surface area contributed by atoms with Crippen molar-refractivity contribution in [2.75, 3.05) is 0 Å². The molecule has 0 bridgehead atoms. The fraction of sp³-hybridized carbons (Fsp3) is 0.0909. The van der Waals surface area contributed by atoms with Crippen molar-refractivity contribution in [1.29, 1.82) is 5.26 Å². The Labute approximate surface area is 177 Å². The Balaban J connectivity index is 1.65. The van der Waals surface area contributed by atoms with Gasteiger partial charge in [-0.2, -0.15) is 5.26 Å². The molecule has 0 aliphatic rings. The first kappa shape index (κ1) is 19.9. The maximum Gasteiger partial charge on any atom is 0.143 e. The van der Waals surface area contributed by atoms with Gasteiger partial charge in [-0.15, -0.1) is 0 Å². The first-order valence-electron chi connectivity index (χ1n) is 8.46. The van der Waals surface area contributed by atoms with Crippen molar-refractivity contribution in [2.45, 2.75) is 13.2 Å². The van der Waals surface area contributed by atoms with Crippen molar-refractivity contribution in [2.24, 2.45) is 5.16 Å². The summed E-state index contributed by atoms with van der Waals surface area (Å²) in [7, 11) is 0. The Morgan fingerprint density at radius 1 is 1.04 bits per heavy atom. The van der Waals surface area contributed by atoms with Gasteiger partial charge in [-0.3, -0.25) is 0 Å². The van der Waals surface area contributed by atoms with Crippen molar-refractivity contribution in [3.8, 4) is 11.8 Å². The molecule has 0 N–H and O–H groups in total. The highest BCUT2D eigenvalue weighted by atomic mass is 79.9. The molecule has 0 unspecified atom stereocenters. The molecule has 0 aromatic heterocycles. The summed E-state index contributed by atoms with van der Waals surface area (Å²) in [6.07, 6.45) is 1.59. The van der Waals surface area contributed by atoms with Gasteiger partial charge in [-0.05, 0) is 42.0 Å². The van der Waals surface area contributed by atoms with Crippen molar-refractivity contribution in [3.63, 3.8) is 0 Å². The van der Waals surface area contributed by atoms with Gasteiger partial charge in [-0.1, -0.05) is 63.0 Å². The predicted octanol–water partition coefficient (Wildman–Crippen LogP) is 6.10. The molecule has 0 radical (unpaired) electrons. The predicted molar refractivity (Wildman–Crippen MR) is 113 cm³/mol. The van der Waals surface area contributed by atoms with E-state index >= 15 is 0 Å². The summed E-state index contributed by atoms with van der Waals surface area (Å²) >= 11 is 9.37. The van der Waals surface area contributed by atoms with Gasteiger partial charge in [0.05, 0.1) is 17.8 Å². The molecule has 0 heterocycles. The number of ether oxygens (including phenoxy) is 1. The van der Waals surface area contributed by atoms with E-state index in [1.54, 1.807) is 12.3 Å². The van der Waals surface area contributed by atoms with E-state index in [0.717, 1.165) is 21.2 Å². The van der Waals surface area contributed by atoms with Gasteiger partial charge >= 0.3 is 0 Å². The third-order valence-corrected chi connectivity index (χ3v) is 4.65. The van der Waals surface area contributed by atoms with Crippen LogP contribution in [0.4, 0.5) is 0 Å². The summed E-state index contributed by atoms with van der Waals surface area (Å²) in [6.45, 7) is 0.630. The second kappa shape index (κ2) is 9.93.